The molecule has 0 radical (unpaired) electrons. The Hall–Kier alpha value is -1.56. The van der Waals surface area contributed by atoms with Crippen molar-refractivity contribution in [3.8, 4) is 0 Å². The number of hydrogen-bond donors (Lipinski definition) is 4. The first kappa shape index (κ1) is 19.5. The van der Waals surface area contributed by atoms with Crippen LogP contribution >= 0.6 is 15.6 Å². The van der Waals surface area contributed by atoms with Gasteiger partial charge in [0.2, 0.25) is 0 Å². The van der Waals surface area contributed by atoms with E-state index < -0.39 is 15.6 Å². The molecule has 4 N–H and O–H groups in total. The predicted octanol–water partition coefficient (Wildman–Crippen LogP) is 3.05. The molecular weight excluding hydrogens is 342 g/mol. The second kappa shape index (κ2) is 8.91. The molecule has 0 heterocycles. The molecule has 0 aromatic heterocycles. The highest BCUT2D eigenvalue weighted by molar-refractivity contribution is 7.60. The average Bonchev–Trinajstić information content (AvgIpc) is 2.44. The number of hydrogen-bond acceptors (Lipinski definition) is 3. The zero-order chi connectivity index (χ0) is 17.3. The van der Waals surface area contributed by atoms with Crippen LogP contribution in [-0.4, -0.2) is 19.6 Å². The minimum Gasteiger partial charge on any atom is -0.302 e. The Morgan fingerprint density at radius 2 is 0.957 bits per heavy atom. The lowest BCUT2D eigenvalue weighted by molar-refractivity contribution is 0.225. The summed E-state index contributed by atoms with van der Waals surface area (Å²) in [4.78, 5) is 31.0. The summed E-state index contributed by atoms with van der Waals surface area (Å²) in [7, 11) is -10.1. The van der Waals surface area contributed by atoms with E-state index in [0.717, 1.165) is 0 Å². The lowest BCUT2D eigenvalue weighted by Crippen LogP contribution is -1.84. The quantitative estimate of drug-likeness (QED) is 0.489. The first-order valence-electron chi connectivity index (χ1n) is 6.26. The van der Waals surface area contributed by atoms with Gasteiger partial charge in [-0.3, -0.25) is 0 Å². The SMILES string of the molecule is C(=C\c1ccccc1)/c1ccccc1.O=P(O)(O)OP(=O)(O)O. The van der Waals surface area contributed by atoms with Gasteiger partial charge in [0.25, 0.3) is 0 Å². The normalized spacial score (nSPS) is 11.8. The summed E-state index contributed by atoms with van der Waals surface area (Å²) >= 11 is 0. The minimum absolute atomic E-state index is 1.23. The van der Waals surface area contributed by atoms with E-state index in [1.807, 2.05) is 36.4 Å². The van der Waals surface area contributed by atoms with Crippen LogP contribution in [-0.2, 0) is 13.4 Å². The third kappa shape index (κ3) is 10.7. The minimum atomic E-state index is -5.05. The lowest BCUT2D eigenvalue weighted by atomic mass is 10.1. The molecule has 0 aliphatic carbocycles. The highest BCUT2D eigenvalue weighted by atomic mass is 31.3. The van der Waals surface area contributed by atoms with Gasteiger partial charge in [0.05, 0.1) is 0 Å². The van der Waals surface area contributed by atoms with Crippen LogP contribution in [0.3, 0.4) is 0 Å². The molecule has 0 saturated heterocycles. The molecule has 0 spiro atoms. The Balaban J connectivity index is 0.000000257. The van der Waals surface area contributed by atoms with Crippen LogP contribution in [0.4, 0.5) is 0 Å². The van der Waals surface area contributed by atoms with Crippen molar-refractivity contribution in [2.75, 3.05) is 0 Å². The van der Waals surface area contributed by atoms with Crippen molar-refractivity contribution in [2.45, 2.75) is 0 Å². The molecule has 0 aliphatic heterocycles. The molecule has 0 saturated carbocycles. The van der Waals surface area contributed by atoms with E-state index >= 15 is 0 Å². The van der Waals surface area contributed by atoms with E-state index in [4.69, 9.17) is 19.6 Å². The Bertz CT molecular complexity index is 643. The molecule has 0 bridgehead atoms. The summed E-state index contributed by atoms with van der Waals surface area (Å²) < 4.78 is 22.2. The van der Waals surface area contributed by atoms with Crippen molar-refractivity contribution in [1.82, 2.24) is 0 Å². The second-order valence-corrected chi connectivity index (χ2v) is 6.83. The third-order valence-electron chi connectivity index (χ3n) is 2.28. The summed E-state index contributed by atoms with van der Waals surface area (Å²) in [5, 5.41) is 0. The molecule has 0 fully saturated rings. The molecule has 0 aliphatic rings. The van der Waals surface area contributed by atoms with E-state index in [-0.39, 0.29) is 0 Å². The predicted molar refractivity (Wildman–Crippen MR) is 87.0 cm³/mol. The van der Waals surface area contributed by atoms with Crippen molar-refractivity contribution in [3.05, 3.63) is 71.8 Å². The van der Waals surface area contributed by atoms with E-state index in [0.29, 0.717) is 0 Å². The molecule has 0 atom stereocenters. The second-order valence-electron chi connectivity index (χ2n) is 4.22. The molecule has 23 heavy (non-hydrogen) atoms. The summed E-state index contributed by atoms with van der Waals surface area (Å²) in [6.45, 7) is 0. The Kier molecular flexibility index (Phi) is 7.55. The zero-order valence-electron chi connectivity index (χ0n) is 11.8. The van der Waals surface area contributed by atoms with Gasteiger partial charge in [-0.1, -0.05) is 72.8 Å². The Labute approximate surface area is 133 Å². The molecule has 0 unspecified atom stereocenters. The Morgan fingerprint density at radius 1 is 0.652 bits per heavy atom. The van der Waals surface area contributed by atoms with Crippen molar-refractivity contribution >= 4 is 27.8 Å². The van der Waals surface area contributed by atoms with Crippen LogP contribution in [0.2, 0.25) is 0 Å². The molecule has 7 nitrogen and oxygen atoms in total. The molecular formula is C14H16O7P2. The monoisotopic (exact) mass is 358 g/mol. The Morgan fingerprint density at radius 3 is 1.17 bits per heavy atom. The van der Waals surface area contributed by atoms with Crippen molar-refractivity contribution in [2.24, 2.45) is 0 Å². The van der Waals surface area contributed by atoms with Gasteiger partial charge < -0.3 is 19.6 Å². The smallest absolute Gasteiger partial charge is 0.302 e. The maximum atomic E-state index is 9.63. The van der Waals surface area contributed by atoms with E-state index in [1.165, 1.54) is 11.1 Å². The van der Waals surface area contributed by atoms with Gasteiger partial charge in [-0.15, -0.1) is 0 Å². The number of rotatable bonds is 4. The fourth-order valence-electron chi connectivity index (χ4n) is 1.46. The van der Waals surface area contributed by atoms with Gasteiger partial charge in [0.1, 0.15) is 0 Å². The summed E-state index contributed by atoms with van der Waals surface area (Å²) in [6, 6.07) is 20.6. The molecule has 2 aromatic rings. The summed E-state index contributed by atoms with van der Waals surface area (Å²) in [5.74, 6) is 0. The fraction of sp³-hybridized carbons (Fsp3) is 0. The van der Waals surface area contributed by atoms with Crippen LogP contribution in [0, 0.1) is 0 Å². The third-order valence-corrected chi connectivity index (χ3v) is 3.98. The molecule has 9 heteroatoms. The molecule has 2 aromatic carbocycles. The van der Waals surface area contributed by atoms with Crippen LogP contribution in [0.1, 0.15) is 11.1 Å². The van der Waals surface area contributed by atoms with Gasteiger partial charge in [0, 0.05) is 0 Å². The number of phosphoric acid groups is 2. The number of benzene rings is 2. The van der Waals surface area contributed by atoms with Gasteiger partial charge in [-0.25, -0.2) is 9.13 Å². The van der Waals surface area contributed by atoms with E-state index in [9.17, 15) is 9.13 Å². The zero-order valence-corrected chi connectivity index (χ0v) is 13.6. The molecule has 124 valence electrons. The van der Waals surface area contributed by atoms with E-state index in [2.05, 4.69) is 40.7 Å². The summed E-state index contributed by atoms with van der Waals surface area (Å²) in [6.07, 6.45) is 4.24. The van der Waals surface area contributed by atoms with Gasteiger partial charge >= 0.3 is 15.6 Å². The van der Waals surface area contributed by atoms with Crippen molar-refractivity contribution < 1.29 is 33.0 Å². The van der Waals surface area contributed by atoms with E-state index in [1.54, 1.807) is 0 Å². The molecule has 0 amide bonds. The maximum Gasteiger partial charge on any atom is 0.478 e. The molecule has 2 rings (SSSR count). The standard InChI is InChI=1S/C14H12.H4O7P2/c1-3-7-13(8-4-1)11-12-14-9-5-2-6-10-14;1-8(2,3)7-9(4,5)6/h1-12H;(H2,1,2,3)(H2,4,5,6)/b12-11+;. The van der Waals surface area contributed by atoms with Crippen molar-refractivity contribution in [1.29, 1.82) is 0 Å². The van der Waals surface area contributed by atoms with Gasteiger partial charge in [0.15, 0.2) is 0 Å². The van der Waals surface area contributed by atoms with Crippen LogP contribution in [0.5, 0.6) is 0 Å². The van der Waals surface area contributed by atoms with Gasteiger partial charge in [-0.05, 0) is 11.1 Å². The lowest BCUT2D eigenvalue weighted by Gasteiger charge is -2.03. The first-order valence-corrected chi connectivity index (χ1v) is 9.32. The summed E-state index contributed by atoms with van der Waals surface area (Å²) in [5.41, 5.74) is 2.47. The first-order chi connectivity index (χ1) is 10.7. The fourth-order valence-corrected chi connectivity index (χ4v) is 2.57. The van der Waals surface area contributed by atoms with Crippen LogP contribution < -0.4 is 0 Å². The van der Waals surface area contributed by atoms with Crippen molar-refractivity contribution in [3.63, 3.8) is 0 Å². The van der Waals surface area contributed by atoms with Crippen LogP contribution in [0.15, 0.2) is 60.7 Å². The average molecular weight is 358 g/mol. The highest BCUT2D eigenvalue weighted by Gasteiger charge is 2.27. The largest absolute Gasteiger partial charge is 0.478 e. The topological polar surface area (TPSA) is 124 Å². The van der Waals surface area contributed by atoms with Crippen LogP contribution in [0.25, 0.3) is 12.2 Å². The highest BCUT2D eigenvalue weighted by Crippen LogP contribution is 2.53. The maximum absolute atomic E-state index is 9.63. The van der Waals surface area contributed by atoms with Gasteiger partial charge in [-0.2, -0.15) is 4.31 Å².